The highest BCUT2D eigenvalue weighted by atomic mass is 35.5. The highest BCUT2D eigenvalue weighted by molar-refractivity contribution is 6.36. The van der Waals surface area contributed by atoms with Gasteiger partial charge in [-0.25, -0.2) is 0 Å². The number of anilines is 5. The molecule has 0 aliphatic carbocycles. The number of halogens is 1. The van der Waals surface area contributed by atoms with Crippen LogP contribution in [0.25, 0.3) is 0 Å². The molecule has 0 fully saturated rings. The minimum absolute atomic E-state index is 0.0851. The second-order valence-electron chi connectivity index (χ2n) is 13.5. The van der Waals surface area contributed by atoms with Gasteiger partial charge in [0.25, 0.3) is 0 Å². The van der Waals surface area contributed by atoms with E-state index in [-0.39, 0.29) is 16.2 Å². The van der Waals surface area contributed by atoms with Crippen LogP contribution in [0.1, 0.15) is 79.0 Å². The second kappa shape index (κ2) is 10.7. The standard InChI is InChI=1S/C36H43ClN2/c1-34(2,3)25-13-19-28(20-14-25)38-31-11-10-12-32(33(31)37)39(29-21-15-26(16-22-29)35(4,5)6)30-23-17-27(18-24-30)36(7,8)9/h10-24,38H,1-9H3. The average Bonchev–Trinajstić information content (AvgIpc) is 2.86. The van der Waals surface area contributed by atoms with Gasteiger partial charge in [-0.3, -0.25) is 0 Å². The Kier molecular flexibility index (Phi) is 7.92. The van der Waals surface area contributed by atoms with Crippen molar-refractivity contribution in [3.05, 3.63) is 113 Å². The highest BCUT2D eigenvalue weighted by Gasteiger charge is 2.21. The van der Waals surface area contributed by atoms with Crippen LogP contribution in [0.2, 0.25) is 5.02 Å². The maximum absolute atomic E-state index is 7.16. The van der Waals surface area contributed by atoms with Gasteiger partial charge < -0.3 is 10.2 Å². The van der Waals surface area contributed by atoms with Gasteiger partial charge in [-0.2, -0.15) is 0 Å². The largest absolute Gasteiger partial charge is 0.354 e. The Bertz CT molecular complexity index is 1340. The monoisotopic (exact) mass is 538 g/mol. The molecule has 0 radical (unpaired) electrons. The van der Waals surface area contributed by atoms with Crippen molar-refractivity contribution in [3.8, 4) is 0 Å². The molecule has 0 saturated heterocycles. The predicted molar refractivity (Wildman–Crippen MR) is 172 cm³/mol. The van der Waals surface area contributed by atoms with E-state index in [1.54, 1.807) is 0 Å². The molecule has 0 aromatic heterocycles. The summed E-state index contributed by atoms with van der Waals surface area (Å²) >= 11 is 7.16. The zero-order valence-electron chi connectivity index (χ0n) is 25.0. The Labute approximate surface area is 241 Å². The molecule has 4 aromatic carbocycles. The fraction of sp³-hybridized carbons (Fsp3) is 0.333. The second-order valence-corrected chi connectivity index (χ2v) is 13.9. The van der Waals surface area contributed by atoms with E-state index in [0.717, 1.165) is 28.4 Å². The third-order valence-electron chi connectivity index (χ3n) is 7.23. The average molecular weight is 539 g/mol. The molecular weight excluding hydrogens is 496 g/mol. The third kappa shape index (κ3) is 6.68. The van der Waals surface area contributed by atoms with E-state index < -0.39 is 0 Å². The van der Waals surface area contributed by atoms with Crippen molar-refractivity contribution in [1.82, 2.24) is 0 Å². The van der Waals surface area contributed by atoms with E-state index in [1.165, 1.54) is 16.7 Å². The van der Waals surface area contributed by atoms with Crippen LogP contribution in [0, 0.1) is 0 Å². The Balaban J connectivity index is 1.77. The molecule has 0 saturated carbocycles. The lowest BCUT2D eigenvalue weighted by molar-refractivity contribution is 0.590. The molecule has 39 heavy (non-hydrogen) atoms. The van der Waals surface area contributed by atoms with E-state index in [2.05, 4.69) is 157 Å². The number of benzene rings is 4. The lowest BCUT2D eigenvalue weighted by Gasteiger charge is -2.29. The van der Waals surface area contributed by atoms with Crippen LogP contribution in [0.4, 0.5) is 28.4 Å². The van der Waals surface area contributed by atoms with Crippen molar-refractivity contribution in [2.45, 2.75) is 78.6 Å². The van der Waals surface area contributed by atoms with Crippen LogP contribution < -0.4 is 10.2 Å². The van der Waals surface area contributed by atoms with Crippen LogP contribution in [0.3, 0.4) is 0 Å². The summed E-state index contributed by atoms with van der Waals surface area (Å²) in [5.74, 6) is 0. The first kappa shape index (κ1) is 28.8. The minimum Gasteiger partial charge on any atom is -0.354 e. The number of hydrogen-bond donors (Lipinski definition) is 1. The van der Waals surface area contributed by atoms with E-state index in [9.17, 15) is 0 Å². The van der Waals surface area contributed by atoms with Crippen molar-refractivity contribution in [2.24, 2.45) is 0 Å². The zero-order chi connectivity index (χ0) is 28.6. The Morgan fingerprint density at radius 2 is 0.897 bits per heavy atom. The predicted octanol–water partition coefficient (Wildman–Crippen LogP) is 11.4. The molecule has 0 atom stereocenters. The van der Waals surface area contributed by atoms with Gasteiger partial charge in [-0.1, -0.05) is 116 Å². The summed E-state index contributed by atoms with van der Waals surface area (Å²) in [5.41, 5.74) is 9.14. The number of rotatable bonds is 5. The summed E-state index contributed by atoms with van der Waals surface area (Å²) in [6.07, 6.45) is 0. The van der Waals surface area contributed by atoms with Crippen LogP contribution in [-0.4, -0.2) is 0 Å². The molecule has 0 spiro atoms. The Morgan fingerprint density at radius 3 is 1.28 bits per heavy atom. The summed E-state index contributed by atoms with van der Waals surface area (Å²) in [7, 11) is 0. The lowest BCUT2D eigenvalue weighted by atomic mass is 9.86. The molecule has 3 heteroatoms. The summed E-state index contributed by atoms with van der Waals surface area (Å²) in [6.45, 7) is 20.1. The van der Waals surface area contributed by atoms with E-state index in [4.69, 9.17) is 11.6 Å². The van der Waals surface area contributed by atoms with Gasteiger partial charge in [-0.05, 0) is 81.5 Å². The summed E-state index contributed by atoms with van der Waals surface area (Å²) in [5, 5.41) is 4.23. The molecule has 0 bridgehead atoms. The zero-order valence-corrected chi connectivity index (χ0v) is 25.7. The topological polar surface area (TPSA) is 15.3 Å². The third-order valence-corrected chi connectivity index (χ3v) is 7.63. The molecule has 204 valence electrons. The SMILES string of the molecule is CC(C)(C)c1ccc(Nc2cccc(N(c3ccc(C(C)(C)C)cc3)c3ccc(C(C)(C)C)cc3)c2Cl)cc1. The Morgan fingerprint density at radius 1 is 0.513 bits per heavy atom. The maximum atomic E-state index is 7.16. The van der Waals surface area contributed by atoms with Crippen LogP contribution in [-0.2, 0) is 16.2 Å². The van der Waals surface area contributed by atoms with Gasteiger partial charge in [0, 0.05) is 17.1 Å². The van der Waals surface area contributed by atoms with Crippen molar-refractivity contribution in [2.75, 3.05) is 10.2 Å². The molecule has 0 aliphatic rings. The highest BCUT2D eigenvalue weighted by Crippen LogP contribution is 2.43. The van der Waals surface area contributed by atoms with Crippen molar-refractivity contribution in [1.29, 1.82) is 0 Å². The van der Waals surface area contributed by atoms with Gasteiger partial charge in [0.15, 0.2) is 0 Å². The molecule has 0 unspecified atom stereocenters. The molecule has 1 N–H and O–H groups in total. The first-order valence-electron chi connectivity index (χ1n) is 13.8. The Hall–Kier alpha value is -3.23. The van der Waals surface area contributed by atoms with Crippen LogP contribution >= 0.6 is 11.6 Å². The summed E-state index contributed by atoms with van der Waals surface area (Å²) in [6, 6.07) is 32.5. The minimum atomic E-state index is 0.0851. The first-order chi connectivity index (χ1) is 18.1. The molecule has 0 aliphatic heterocycles. The quantitative estimate of drug-likeness (QED) is 0.272. The van der Waals surface area contributed by atoms with Crippen LogP contribution in [0.5, 0.6) is 0 Å². The van der Waals surface area contributed by atoms with Crippen molar-refractivity contribution in [3.63, 3.8) is 0 Å². The van der Waals surface area contributed by atoms with Crippen molar-refractivity contribution >= 4 is 40.0 Å². The fourth-order valence-corrected chi connectivity index (χ4v) is 4.90. The van der Waals surface area contributed by atoms with Gasteiger partial charge in [-0.15, -0.1) is 0 Å². The molecule has 0 heterocycles. The molecule has 4 aromatic rings. The first-order valence-corrected chi connectivity index (χ1v) is 14.2. The lowest BCUT2D eigenvalue weighted by Crippen LogP contribution is -2.15. The number of nitrogens with one attached hydrogen (secondary N) is 1. The summed E-state index contributed by atoms with van der Waals surface area (Å²) < 4.78 is 0. The van der Waals surface area contributed by atoms with E-state index >= 15 is 0 Å². The van der Waals surface area contributed by atoms with E-state index in [0.29, 0.717) is 5.02 Å². The van der Waals surface area contributed by atoms with Gasteiger partial charge in [0.1, 0.15) is 0 Å². The normalized spacial score (nSPS) is 12.4. The fourth-order valence-electron chi connectivity index (χ4n) is 4.65. The molecular formula is C36H43ClN2. The molecule has 0 amide bonds. The van der Waals surface area contributed by atoms with Crippen LogP contribution in [0.15, 0.2) is 91.0 Å². The van der Waals surface area contributed by atoms with E-state index in [1.807, 2.05) is 6.07 Å². The molecule has 2 nitrogen and oxygen atoms in total. The van der Waals surface area contributed by atoms with Gasteiger partial charge in [0.2, 0.25) is 0 Å². The molecule has 4 rings (SSSR count). The maximum Gasteiger partial charge on any atom is 0.0881 e. The van der Waals surface area contributed by atoms with Gasteiger partial charge >= 0.3 is 0 Å². The summed E-state index contributed by atoms with van der Waals surface area (Å²) in [4.78, 5) is 2.25. The smallest absolute Gasteiger partial charge is 0.0881 e. The number of nitrogens with zero attached hydrogens (tertiary/aromatic N) is 1. The van der Waals surface area contributed by atoms with Gasteiger partial charge in [0.05, 0.1) is 16.4 Å². The number of hydrogen-bond acceptors (Lipinski definition) is 2. The van der Waals surface area contributed by atoms with Crippen molar-refractivity contribution < 1.29 is 0 Å².